The van der Waals surface area contributed by atoms with Gasteiger partial charge in [0.15, 0.2) is 5.69 Å². The standard InChI is InChI=1S/C18H21FN4O/c1-13-8-10-23(11-9-13)18(24)16-6-7-17(22-21-16)20-12-14-2-4-15(19)5-3-14/h2-7,13H,8-12H2,1H3,(H,20,22). The van der Waals surface area contributed by atoms with Crippen molar-refractivity contribution >= 4 is 11.7 Å². The molecule has 2 aromatic rings. The molecule has 0 bridgehead atoms. The lowest BCUT2D eigenvalue weighted by atomic mass is 9.99. The Morgan fingerprint density at radius 2 is 1.88 bits per heavy atom. The Labute approximate surface area is 140 Å². The Morgan fingerprint density at radius 3 is 2.50 bits per heavy atom. The summed E-state index contributed by atoms with van der Waals surface area (Å²) in [5.74, 6) is 0.953. The van der Waals surface area contributed by atoms with Crippen molar-refractivity contribution in [2.45, 2.75) is 26.3 Å². The van der Waals surface area contributed by atoms with E-state index in [2.05, 4.69) is 22.4 Å². The lowest BCUT2D eigenvalue weighted by molar-refractivity contribution is 0.0690. The van der Waals surface area contributed by atoms with E-state index in [1.165, 1.54) is 12.1 Å². The summed E-state index contributed by atoms with van der Waals surface area (Å²) >= 11 is 0. The van der Waals surface area contributed by atoms with Crippen molar-refractivity contribution in [3.8, 4) is 0 Å². The van der Waals surface area contributed by atoms with Crippen LogP contribution in [-0.4, -0.2) is 34.1 Å². The number of hydrogen-bond acceptors (Lipinski definition) is 4. The summed E-state index contributed by atoms with van der Waals surface area (Å²) in [5.41, 5.74) is 1.32. The van der Waals surface area contributed by atoms with Crippen LogP contribution >= 0.6 is 0 Å². The molecule has 1 amide bonds. The Kier molecular flexibility index (Phi) is 5.03. The highest BCUT2D eigenvalue weighted by Crippen LogP contribution is 2.17. The zero-order valence-electron chi connectivity index (χ0n) is 13.7. The number of aromatic nitrogens is 2. The number of amides is 1. The second-order valence-corrected chi connectivity index (χ2v) is 6.26. The Bertz CT molecular complexity index is 679. The summed E-state index contributed by atoms with van der Waals surface area (Å²) in [6.07, 6.45) is 2.08. The molecule has 0 radical (unpaired) electrons. The number of likely N-dealkylation sites (tertiary alicyclic amines) is 1. The number of piperidine rings is 1. The maximum absolute atomic E-state index is 12.9. The third-order valence-electron chi connectivity index (χ3n) is 4.34. The van der Waals surface area contributed by atoms with Crippen LogP contribution in [0.4, 0.5) is 10.2 Å². The summed E-state index contributed by atoms with van der Waals surface area (Å²) in [7, 11) is 0. The van der Waals surface area contributed by atoms with Crippen molar-refractivity contribution < 1.29 is 9.18 Å². The van der Waals surface area contributed by atoms with Gasteiger partial charge in [-0.2, -0.15) is 0 Å². The number of carbonyl (C=O) groups is 1. The van der Waals surface area contributed by atoms with Crippen molar-refractivity contribution in [2.75, 3.05) is 18.4 Å². The molecule has 1 aliphatic heterocycles. The van der Waals surface area contributed by atoms with Gasteiger partial charge < -0.3 is 10.2 Å². The van der Waals surface area contributed by atoms with Gasteiger partial charge in [-0.1, -0.05) is 19.1 Å². The minimum Gasteiger partial charge on any atom is -0.365 e. The van der Waals surface area contributed by atoms with E-state index >= 15 is 0 Å². The number of halogens is 1. The fraction of sp³-hybridized carbons (Fsp3) is 0.389. The van der Waals surface area contributed by atoms with Crippen LogP contribution in [0, 0.1) is 11.7 Å². The van der Waals surface area contributed by atoms with Gasteiger partial charge in [0.1, 0.15) is 11.6 Å². The summed E-state index contributed by atoms with van der Waals surface area (Å²) in [4.78, 5) is 14.2. The summed E-state index contributed by atoms with van der Waals surface area (Å²) in [5, 5.41) is 11.2. The van der Waals surface area contributed by atoms with Crippen molar-refractivity contribution in [1.82, 2.24) is 15.1 Å². The van der Waals surface area contributed by atoms with E-state index in [1.807, 2.05) is 4.90 Å². The van der Waals surface area contributed by atoms with Gasteiger partial charge in [0.2, 0.25) is 0 Å². The zero-order chi connectivity index (χ0) is 16.9. The molecule has 2 heterocycles. The molecule has 126 valence electrons. The van der Waals surface area contributed by atoms with Crippen LogP contribution in [0.5, 0.6) is 0 Å². The highest BCUT2D eigenvalue weighted by molar-refractivity contribution is 5.92. The summed E-state index contributed by atoms with van der Waals surface area (Å²) in [6, 6.07) is 9.71. The van der Waals surface area contributed by atoms with Crippen LogP contribution in [0.2, 0.25) is 0 Å². The van der Waals surface area contributed by atoms with Gasteiger partial charge >= 0.3 is 0 Å². The van der Waals surface area contributed by atoms with E-state index in [9.17, 15) is 9.18 Å². The fourth-order valence-electron chi connectivity index (χ4n) is 2.71. The molecule has 0 saturated carbocycles. The molecular formula is C18H21FN4O. The highest BCUT2D eigenvalue weighted by Gasteiger charge is 2.22. The minimum atomic E-state index is -0.256. The van der Waals surface area contributed by atoms with E-state index < -0.39 is 0 Å². The monoisotopic (exact) mass is 328 g/mol. The van der Waals surface area contributed by atoms with Gasteiger partial charge in [-0.3, -0.25) is 4.79 Å². The van der Waals surface area contributed by atoms with Crippen molar-refractivity contribution in [3.63, 3.8) is 0 Å². The molecule has 5 nitrogen and oxygen atoms in total. The topological polar surface area (TPSA) is 58.1 Å². The molecule has 1 fully saturated rings. The first-order chi connectivity index (χ1) is 11.6. The smallest absolute Gasteiger partial charge is 0.274 e. The van der Waals surface area contributed by atoms with Crippen LogP contribution in [0.3, 0.4) is 0 Å². The molecule has 1 aromatic heterocycles. The maximum Gasteiger partial charge on any atom is 0.274 e. The maximum atomic E-state index is 12.9. The highest BCUT2D eigenvalue weighted by atomic mass is 19.1. The van der Waals surface area contributed by atoms with E-state index in [4.69, 9.17) is 0 Å². The molecule has 24 heavy (non-hydrogen) atoms. The van der Waals surface area contributed by atoms with Gasteiger partial charge in [-0.25, -0.2) is 4.39 Å². The average Bonchev–Trinajstić information content (AvgIpc) is 2.62. The number of nitrogens with one attached hydrogen (secondary N) is 1. The summed E-state index contributed by atoms with van der Waals surface area (Å²) < 4.78 is 12.9. The number of carbonyl (C=O) groups excluding carboxylic acids is 1. The Morgan fingerprint density at radius 1 is 1.17 bits per heavy atom. The number of rotatable bonds is 4. The van der Waals surface area contributed by atoms with Crippen molar-refractivity contribution in [2.24, 2.45) is 5.92 Å². The second kappa shape index (κ2) is 7.38. The zero-order valence-corrected chi connectivity index (χ0v) is 13.7. The molecule has 0 unspecified atom stereocenters. The SMILES string of the molecule is CC1CCN(C(=O)c2ccc(NCc3ccc(F)cc3)nn2)CC1. The normalized spacial score (nSPS) is 15.3. The van der Waals surface area contributed by atoms with Gasteiger partial charge in [0.25, 0.3) is 5.91 Å². The van der Waals surface area contributed by atoms with Crippen molar-refractivity contribution in [3.05, 3.63) is 53.5 Å². The fourth-order valence-corrected chi connectivity index (χ4v) is 2.71. The molecule has 1 aliphatic rings. The van der Waals surface area contributed by atoms with Gasteiger partial charge in [-0.15, -0.1) is 10.2 Å². The van der Waals surface area contributed by atoms with Gasteiger partial charge in [-0.05, 0) is 48.6 Å². The van der Waals surface area contributed by atoms with Gasteiger partial charge in [0, 0.05) is 19.6 Å². The first-order valence-electron chi connectivity index (χ1n) is 8.23. The average molecular weight is 328 g/mol. The third kappa shape index (κ3) is 4.07. The first-order valence-corrected chi connectivity index (χ1v) is 8.23. The third-order valence-corrected chi connectivity index (χ3v) is 4.34. The van der Waals surface area contributed by atoms with E-state index in [0.29, 0.717) is 24.0 Å². The molecule has 0 aliphatic carbocycles. The van der Waals surface area contributed by atoms with E-state index in [-0.39, 0.29) is 11.7 Å². The molecule has 6 heteroatoms. The number of anilines is 1. The first kappa shape index (κ1) is 16.4. The predicted octanol–water partition coefficient (Wildman–Crippen LogP) is 3.10. The predicted molar refractivity (Wildman–Crippen MR) is 90.1 cm³/mol. The summed E-state index contributed by atoms with van der Waals surface area (Å²) in [6.45, 7) is 4.30. The molecule has 3 rings (SSSR count). The van der Waals surface area contributed by atoms with Gasteiger partial charge in [0.05, 0.1) is 0 Å². The molecular weight excluding hydrogens is 307 g/mol. The number of nitrogens with zero attached hydrogens (tertiary/aromatic N) is 3. The van der Waals surface area contributed by atoms with Crippen LogP contribution in [0.25, 0.3) is 0 Å². The van der Waals surface area contributed by atoms with Crippen molar-refractivity contribution in [1.29, 1.82) is 0 Å². The second-order valence-electron chi connectivity index (χ2n) is 6.26. The van der Waals surface area contributed by atoms with E-state index in [0.717, 1.165) is 31.5 Å². The molecule has 1 aromatic carbocycles. The minimum absolute atomic E-state index is 0.0560. The molecule has 1 saturated heterocycles. The van der Waals surface area contributed by atoms with Crippen LogP contribution in [0.1, 0.15) is 35.8 Å². The lowest BCUT2D eigenvalue weighted by Gasteiger charge is -2.29. The van der Waals surface area contributed by atoms with Crippen LogP contribution < -0.4 is 5.32 Å². The van der Waals surface area contributed by atoms with Crippen LogP contribution in [-0.2, 0) is 6.54 Å². The quantitative estimate of drug-likeness (QED) is 0.937. The molecule has 0 atom stereocenters. The van der Waals surface area contributed by atoms with E-state index in [1.54, 1.807) is 24.3 Å². The molecule has 0 spiro atoms. The number of hydrogen-bond donors (Lipinski definition) is 1. The van der Waals surface area contributed by atoms with Crippen LogP contribution in [0.15, 0.2) is 36.4 Å². The largest absolute Gasteiger partial charge is 0.365 e. The molecule has 1 N–H and O–H groups in total. The Hall–Kier alpha value is -2.50. The number of benzene rings is 1. The Balaban J connectivity index is 1.56. The lowest BCUT2D eigenvalue weighted by Crippen LogP contribution is -2.38.